The summed E-state index contributed by atoms with van der Waals surface area (Å²) in [5.41, 5.74) is 9.73. The molecule has 0 aromatic heterocycles. The van der Waals surface area contributed by atoms with Crippen LogP contribution in [0.25, 0.3) is 6.08 Å². The monoisotopic (exact) mass is 268 g/mol. The van der Waals surface area contributed by atoms with Gasteiger partial charge in [-0.15, -0.1) is 11.8 Å². The van der Waals surface area contributed by atoms with Crippen LogP contribution in [0.15, 0.2) is 53.9 Å². The summed E-state index contributed by atoms with van der Waals surface area (Å²) in [6.07, 6.45) is 3.06. The van der Waals surface area contributed by atoms with Crippen molar-refractivity contribution in [2.24, 2.45) is 0 Å². The molecule has 0 aliphatic carbocycles. The van der Waals surface area contributed by atoms with Crippen molar-refractivity contribution in [2.45, 2.75) is 10.6 Å². The Balaban J connectivity index is 2.24. The Kier molecular flexibility index (Phi) is 4.42. The van der Waals surface area contributed by atoms with E-state index in [1.54, 1.807) is 17.8 Å². The van der Waals surface area contributed by atoms with Crippen molar-refractivity contribution in [3.05, 3.63) is 65.7 Å². The van der Waals surface area contributed by atoms with Gasteiger partial charge in [0.1, 0.15) is 0 Å². The topological polar surface area (TPSA) is 49.9 Å². The summed E-state index contributed by atoms with van der Waals surface area (Å²) in [7, 11) is 0. The van der Waals surface area contributed by atoms with Crippen LogP contribution in [0.2, 0.25) is 0 Å². The highest BCUT2D eigenvalue weighted by atomic mass is 32.2. The summed E-state index contributed by atoms with van der Waals surface area (Å²) in [6, 6.07) is 14.2. The van der Waals surface area contributed by atoms with Crippen LogP contribution in [-0.2, 0) is 5.75 Å². The highest BCUT2D eigenvalue weighted by Crippen LogP contribution is 2.31. The zero-order chi connectivity index (χ0) is 13.7. The molecular weight excluding hydrogens is 252 g/mol. The van der Waals surface area contributed by atoms with E-state index in [4.69, 9.17) is 11.1 Å². The Morgan fingerprint density at radius 1 is 1.21 bits per heavy atom. The lowest BCUT2D eigenvalue weighted by Gasteiger charge is -2.10. The lowest BCUT2D eigenvalue weighted by molar-refractivity contribution is 1.37. The van der Waals surface area contributed by atoms with Crippen LogP contribution in [0, 0.1) is 5.41 Å². The number of thioether (sulfide) groups is 1. The number of benzene rings is 2. The van der Waals surface area contributed by atoms with Crippen molar-refractivity contribution in [1.29, 1.82) is 5.41 Å². The van der Waals surface area contributed by atoms with Crippen LogP contribution < -0.4 is 5.73 Å². The van der Waals surface area contributed by atoms with Crippen LogP contribution >= 0.6 is 11.8 Å². The van der Waals surface area contributed by atoms with E-state index in [9.17, 15) is 0 Å². The fraction of sp³-hybridized carbons (Fsp3) is 0.0625. The molecule has 0 saturated carbocycles. The zero-order valence-corrected chi connectivity index (χ0v) is 11.4. The molecule has 2 aromatic carbocycles. The number of nitrogens with one attached hydrogen (secondary N) is 1. The third-order valence-electron chi connectivity index (χ3n) is 2.82. The van der Waals surface area contributed by atoms with Crippen LogP contribution in [0.5, 0.6) is 0 Å². The molecule has 0 radical (unpaired) electrons. The van der Waals surface area contributed by atoms with Gasteiger partial charge in [0.15, 0.2) is 0 Å². The molecule has 3 heteroatoms. The summed E-state index contributed by atoms with van der Waals surface area (Å²) in [4.78, 5) is 1.000. The van der Waals surface area contributed by atoms with Crippen LogP contribution in [-0.4, -0.2) is 6.21 Å². The molecule has 0 aliphatic heterocycles. The van der Waals surface area contributed by atoms with Gasteiger partial charge in [-0.05, 0) is 23.3 Å². The predicted octanol–water partition coefficient (Wildman–Crippen LogP) is 4.20. The Hall–Kier alpha value is -2.00. The highest BCUT2D eigenvalue weighted by molar-refractivity contribution is 7.98. The molecule has 0 fully saturated rings. The van der Waals surface area contributed by atoms with E-state index in [1.165, 1.54) is 11.8 Å². The smallest absolute Gasteiger partial charge is 0.0541 e. The molecule has 0 unspecified atom stereocenters. The summed E-state index contributed by atoms with van der Waals surface area (Å²) < 4.78 is 0. The molecule has 2 nitrogen and oxygen atoms in total. The molecule has 0 heterocycles. The lowest BCUT2D eigenvalue weighted by Crippen LogP contribution is -1.97. The first-order valence-corrected chi connectivity index (χ1v) is 6.96. The molecule has 0 atom stereocenters. The van der Waals surface area contributed by atoms with Gasteiger partial charge >= 0.3 is 0 Å². The second-order valence-electron chi connectivity index (χ2n) is 4.14. The second-order valence-corrected chi connectivity index (χ2v) is 5.16. The first kappa shape index (κ1) is 13.4. The fourth-order valence-electron chi connectivity index (χ4n) is 1.76. The van der Waals surface area contributed by atoms with Crippen LogP contribution in [0.4, 0.5) is 5.69 Å². The average Bonchev–Trinajstić information content (AvgIpc) is 2.47. The predicted molar refractivity (Wildman–Crippen MR) is 84.8 cm³/mol. The Morgan fingerprint density at radius 3 is 2.58 bits per heavy atom. The van der Waals surface area contributed by atoms with E-state index in [-0.39, 0.29) is 0 Å². The quantitative estimate of drug-likeness (QED) is 0.485. The van der Waals surface area contributed by atoms with Crippen molar-refractivity contribution >= 4 is 29.7 Å². The molecule has 0 amide bonds. The maximum absolute atomic E-state index is 7.40. The minimum atomic E-state index is 0.668. The number of hydrogen-bond donors (Lipinski definition) is 2. The Bertz CT molecular complexity index is 591. The summed E-state index contributed by atoms with van der Waals surface area (Å²) in [5, 5.41) is 7.40. The van der Waals surface area contributed by atoms with Crippen LogP contribution in [0.3, 0.4) is 0 Å². The molecule has 3 N–H and O–H groups in total. The molecule has 19 heavy (non-hydrogen) atoms. The molecular formula is C16H16N2S. The maximum atomic E-state index is 7.40. The van der Waals surface area contributed by atoms with E-state index < -0.39 is 0 Å². The normalized spacial score (nSPS) is 10.1. The van der Waals surface area contributed by atoms with E-state index in [2.05, 4.69) is 18.7 Å². The zero-order valence-electron chi connectivity index (χ0n) is 10.6. The SMILES string of the molecule is C=Cc1cc(C=N)c(N)c(SCc2ccccc2)c1. The second kappa shape index (κ2) is 6.25. The van der Waals surface area contributed by atoms with Crippen LogP contribution in [0.1, 0.15) is 16.7 Å². The third kappa shape index (κ3) is 3.26. The molecule has 0 spiro atoms. The molecule has 0 bridgehead atoms. The molecule has 2 aromatic rings. The van der Waals surface area contributed by atoms with E-state index in [0.29, 0.717) is 5.69 Å². The molecule has 96 valence electrons. The third-order valence-corrected chi connectivity index (χ3v) is 3.95. The van der Waals surface area contributed by atoms with Crippen molar-refractivity contribution in [2.75, 3.05) is 5.73 Å². The van der Waals surface area contributed by atoms with Crippen molar-refractivity contribution in [3.63, 3.8) is 0 Å². The molecule has 2 rings (SSSR count). The van der Waals surface area contributed by atoms with Crippen molar-refractivity contribution < 1.29 is 0 Å². The largest absolute Gasteiger partial charge is 0.397 e. The van der Waals surface area contributed by atoms with Gasteiger partial charge in [0.2, 0.25) is 0 Å². The highest BCUT2D eigenvalue weighted by Gasteiger charge is 2.06. The summed E-state index contributed by atoms with van der Waals surface area (Å²) in [5.74, 6) is 0.864. The first-order chi connectivity index (χ1) is 9.24. The lowest BCUT2D eigenvalue weighted by atomic mass is 10.1. The number of nitrogens with two attached hydrogens (primary N) is 1. The van der Waals surface area contributed by atoms with Gasteiger partial charge in [-0.1, -0.05) is 43.0 Å². The van der Waals surface area contributed by atoms with Gasteiger partial charge in [-0.3, -0.25) is 0 Å². The Labute approximate surface area is 117 Å². The van der Waals surface area contributed by atoms with Gasteiger partial charge in [0.05, 0.1) is 5.69 Å². The van der Waals surface area contributed by atoms with E-state index >= 15 is 0 Å². The number of anilines is 1. The summed E-state index contributed by atoms with van der Waals surface area (Å²) >= 11 is 1.68. The van der Waals surface area contributed by atoms with Gasteiger partial charge in [0, 0.05) is 22.4 Å². The number of nitrogen functional groups attached to an aromatic ring is 1. The minimum Gasteiger partial charge on any atom is -0.397 e. The maximum Gasteiger partial charge on any atom is 0.0541 e. The first-order valence-electron chi connectivity index (χ1n) is 5.97. The summed E-state index contributed by atoms with van der Waals surface area (Å²) in [6.45, 7) is 3.77. The van der Waals surface area contributed by atoms with Crippen molar-refractivity contribution in [3.8, 4) is 0 Å². The van der Waals surface area contributed by atoms with Crippen molar-refractivity contribution in [1.82, 2.24) is 0 Å². The Morgan fingerprint density at radius 2 is 1.95 bits per heavy atom. The van der Waals surface area contributed by atoms with Gasteiger partial charge in [-0.2, -0.15) is 0 Å². The fourth-order valence-corrected chi connectivity index (χ4v) is 2.77. The number of rotatable bonds is 5. The van der Waals surface area contributed by atoms with Gasteiger partial charge in [0.25, 0.3) is 0 Å². The standard InChI is InChI=1S/C16H16N2S/c1-2-12-8-14(10-17)16(18)15(9-12)19-11-13-6-4-3-5-7-13/h2-10,17H,1,11,18H2. The molecule has 0 aliphatic rings. The van der Waals surface area contributed by atoms with Gasteiger partial charge in [-0.25, -0.2) is 0 Å². The molecule has 0 saturated heterocycles. The minimum absolute atomic E-state index is 0.668. The average molecular weight is 268 g/mol. The number of hydrogen-bond acceptors (Lipinski definition) is 3. The van der Waals surface area contributed by atoms with E-state index in [1.807, 2.05) is 30.3 Å². The van der Waals surface area contributed by atoms with E-state index in [0.717, 1.165) is 21.8 Å². The van der Waals surface area contributed by atoms with Gasteiger partial charge < -0.3 is 11.1 Å².